The lowest BCUT2D eigenvalue weighted by Crippen LogP contribution is -2.40. The second-order valence-corrected chi connectivity index (χ2v) is 3.78. The zero-order valence-corrected chi connectivity index (χ0v) is 10.6. The topological polar surface area (TPSA) is 80.0 Å². The molecule has 1 aromatic heterocycles. The highest BCUT2D eigenvalue weighted by Crippen LogP contribution is 2.02. The number of aliphatic carboxylic acids is 1. The Balaban J connectivity index is 2.83. The fourth-order valence-electron chi connectivity index (χ4n) is 1.63. The number of nitrogens with zero attached hydrogens (tertiary/aromatic N) is 3. The molecule has 1 unspecified atom stereocenters. The number of hydrogen-bond acceptors (Lipinski definition) is 4. The lowest BCUT2D eigenvalue weighted by molar-refractivity contribution is -0.139. The average Bonchev–Trinajstić information content (AvgIpc) is 2.70. The summed E-state index contributed by atoms with van der Waals surface area (Å²) < 4.78 is 1.69. The Morgan fingerprint density at radius 1 is 1.41 bits per heavy atom. The van der Waals surface area contributed by atoms with Crippen LogP contribution in [0.3, 0.4) is 0 Å². The minimum Gasteiger partial charge on any atom is -0.480 e. The molecule has 0 aliphatic rings. The maximum atomic E-state index is 11.0. The van der Waals surface area contributed by atoms with Crippen LogP contribution < -0.4 is 5.32 Å². The maximum absolute atomic E-state index is 11.0. The second-order valence-electron chi connectivity index (χ2n) is 3.78. The Kier molecular flexibility index (Phi) is 5.09. The van der Waals surface area contributed by atoms with Gasteiger partial charge in [0.15, 0.2) is 5.82 Å². The van der Waals surface area contributed by atoms with Crippen molar-refractivity contribution in [1.82, 2.24) is 20.1 Å². The SMILES string of the molecule is CCNC(Cn1nc(CC)nc1CC)C(=O)O. The first-order chi connectivity index (χ1) is 8.12. The average molecular weight is 240 g/mol. The van der Waals surface area contributed by atoms with Gasteiger partial charge in [0.05, 0.1) is 6.54 Å². The van der Waals surface area contributed by atoms with Crippen molar-refractivity contribution in [3.63, 3.8) is 0 Å². The molecule has 6 nitrogen and oxygen atoms in total. The van der Waals surface area contributed by atoms with Gasteiger partial charge in [0.2, 0.25) is 0 Å². The maximum Gasteiger partial charge on any atom is 0.322 e. The molecule has 1 aromatic rings. The smallest absolute Gasteiger partial charge is 0.322 e. The Labute approximate surface area is 101 Å². The Bertz CT molecular complexity index is 376. The highest BCUT2D eigenvalue weighted by Gasteiger charge is 2.19. The summed E-state index contributed by atoms with van der Waals surface area (Å²) in [5.74, 6) is 0.746. The zero-order chi connectivity index (χ0) is 12.8. The van der Waals surface area contributed by atoms with Crippen LogP contribution in [0.5, 0.6) is 0 Å². The summed E-state index contributed by atoms with van der Waals surface area (Å²) in [5.41, 5.74) is 0. The van der Waals surface area contributed by atoms with Gasteiger partial charge in [-0.25, -0.2) is 9.67 Å². The van der Waals surface area contributed by atoms with Crippen LogP contribution in [0.4, 0.5) is 0 Å². The van der Waals surface area contributed by atoms with E-state index in [1.165, 1.54) is 0 Å². The van der Waals surface area contributed by atoms with Crippen molar-refractivity contribution in [2.45, 2.75) is 46.2 Å². The molecule has 0 saturated heterocycles. The van der Waals surface area contributed by atoms with Crippen LogP contribution in [0.15, 0.2) is 0 Å². The van der Waals surface area contributed by atoms with Gasteiger partial charge < -0.3 is 10.4 Å². The highest BCUT2D eigenvalue weighted by atomic mass is 16.4. The first-order valence-electron chi connectivity index (χ1n) is 6.01. The van der Waals surface area contributed by atoms with E-state index in [0.29, 0.717) is 13.1 Å². The highest BCUT2D eigenvalue weighted by molar-refractivity contribution is 5.73. The van der Waals surface area contributed by atoms with Crippen molar-refractivity contribution in [2.75, 3.05) is 6.54 Å². The van der Waals surface area contributed by atoms with Gasteiger partial charge in [-0.15, -0.1) is 0 Å². The summed E-state index contributed by atoms with van der Waals surface area (Å²) in [4.78, 5) is 15.4. The van der Waals surface area contributed by atoms with E-state index in [1.807, 2.05) is 20.8 Å². The standard InChI is InChI=1S/C11H20N4O2/c1-4-9-13-10(5-2)15(14-9)7-8(11(16)17)12-6-3/h8,12H,4-7H2,1-3H3,(H,16,17). The minimum atomic E-state index is -0.859. The van der Waals surface area contributed by atoms with E-state index in [0.717, 1.165) is 24.5 Å². The van der Waals surface area contributed by atoms with Crippen molar-refractivity contribution >= 4 is 5.97 Å². The fourth-order valence-corrected chi connectivity index (χ4v) is 1.63. The predicted molar refractivity (Wildman–Crippen MR) is 63.9 cm³/mol. The molecule has 1 atom stereocenters. The first-order valence-corrected chi connectivity index (χ1v) is 6.01. The van der Waals surface area contributed by atoms with E-state index < -0.39 is 12.0 Å². The van der Waals surface area contributed by atoms with Gasteiger partial charge in [-0.3, -0.25) is 4.79 Å². The molecule has 96 valence electrons. The molecule has 0 bridgehead atoms. The van der Waals surface area contributed by atoms with Gasteiger partial charge in [0.1, 0.15) is 11.9 Å². The Hall–Kier alpha value is -1.43. The van der Waals surface area contributed by atoms with Gasteiger partial charge in [-0.2, -0.15) is 5.10 Å². The molecule has 2 N–H and O–H groups in total. The van der Waals surface area contributed by atoms with Crippen LogP contribution in [0.2, 0.25) is 0 Å². The molecule has 1 rings (SSSR count). The molecule has 0 aliphatic heterocycles. The molecule has 0 aromatic carbocycles. The van der Waals surface area contributed by atoms with Gasteiger partial charge in [-0.05, 0) is 6.54 Å². The number of likely N-dealkylation sites (N-methyl/N-ethyl adjacent to an activating group) is 1. The van der Waals surface area contributed by atoms with Crippen molar-refractivity contribution in [3.05, 3.63) is 11.6 Å². The van der Waals surface area contributed by atoms with E-state index in [-0.39, 0.29) is 0 Å². The van der Waals surface area contributed by atoms with Crippen molar-refractivity contribution in [1.29, 1.82) is 0 Å². The van der Waals surface area contributed by atoms with E-state index in [9.17, 15) is 4.79 Å². The van der Waals surface area contributed by atoms with Gasteiger partial charge in [-0.1, -0.05) is 20.8 Å². The molecule has 0 aliphatic carbocycles. The first kappa shape index (κ1) is 13.6. The zero-order valence-electron chi connectivity index (χ0n) is 10.6. The molecular weight excluding hydrogens is 220 g/mol. The lowest BCUT2D eigenvalue weighted by atomic mass is 10.3. The third-order valence-electron chi connectivity index (χ3n) is 2.53. The summed E-state index contributed by atoms with van der Waals surface area (Å²) in [6.07, 6.45) is 1.52. The van der Waals surface area contributed by atoms with Crippen molar-refractivity contribution in [3.8, 4) is 0 Å². The number of aryl methyl sites for hydroxylation is 2. The number of hydrogen-bond donors (Lipinski definition) is 2. The number of aromatic nitrogens is 3. The van der Waals surface area contributed by atoms with Crippen LogP contribution in [0.1, 0.15) is 32.4 Å². The monoisotopic (exact) mass is 240 g/mol. The third kappa shape index (κ3) is 3.52. The normalized spacial score (nSPS) is 12.6. The fraction of sp³-hybridized carbons (Fsp3) is 0.727. The van der Waals surface area contributed by atoms with Crippen LogP contribution in [-0.4, -0.2) is 38.4 Å². The molecule has 0 spiro atoms. The van der Waals surface area contributed by atoms with E-state index in [1.54, 1.807) is 4.68 Å². The predicted octanol–water partition coefficient (Wildman–Crippen LogP) is 0.466. The Morgan fingerprint density at radius 2 is 2.12 bits per heavy atom. The molecule has 6 heteroatoms. The summed E-state index contributed by atoms with van der Waals surface area (Å²) >= 11 is 0. The third-order valence-corrected chi connectivity index (χ3v) is 2.53. The van der Waals surface area contributed by atoms with Gasteiger partial charge >= 0.3 is 5.97 Å². The van der Waals surface area contributed by atoms with Gasteiger partial charge in [0.25, 0.3) is 0 Å². The second kappa shape index (κ2) is 6.34. The van der Waals surface area contributed by atoms with Crippen LogP contribution in [-0.2, 0) is 24.2 Å². The summed E-state index contributed by atoms with van der Waals surface area (Å²) in [6.45, 7) is 6.80. The van der Waals surface area contributed by atoms with Crippen molar-refractivity contribution < 1.29 is 9.90 Å². The molecule has 0 fully saturated rings. The quantitative estimate of drug-likeness (QED) is 0.724. The lowest BCUT2D eigenvalue weighted by Gasteiger charge is -2.13. The summed E-state index contributed by atoms with van der Waals surface area (Å²) in [7, 11) is 0. The molecular formula is C11H20N4O2. The number of carbonyl (C=O) groups is 1. The minimum absolute atomic E-state index is 0.319. The van der Waals surface area contributed by atoms with Crippen LogP contribution >= 0.6 is 0 Å². The number of carboxylic acids is 1. The van der Waals surface area contributed by atoms with E-state index in [4.69, 9.17) is 5.11 Å². The van der Waals surface area contributed by atoms with E-state index in [2.05, 4.69) is 15.4 Å². The molecule has 0 saturated carbocycles. The molecule has 0 radical (unpaired) electrons. The number of nitrogens with one attached hydrogen (secondary N) is 1. The van der Waals surface area contributed by atoms with E-state index >= 15 is 0 Å². The molecule has 1 heterocycles. The summed E-state index contributed by atoms with van der Waals surface area (Å²) in [6, 6.07) is -0.614. The Morgan fingerprint density at radius 3 is 2.59 bits per heavy atom. The van der Waals surface area contributed by atoms with Crippen LogP contribution in [0.25, 0.3) is 0 Å². The van der Waals surface area contributed by atoms with Gasteiger partial charge in [0, 0.05) is 12.8 Å². The van der Waals surface area contributed by atoms with Crippen molar-refractivity contribution in [2.24, 2.45) is 0 Å². The molecule has 17 heavy (non-hydrogen) atoms. The number of rotatable bonds is 7. The summed E-state index contributed by atoms with van der Waals surface area (Å²) in [5, 5.41) is 16.3. The number of carboxylic acid groups (broad SMARTS) is 1. The van der Waals surface area contributed by atoms with Crippen LogP contribution in [0, 0.1) is 0 Å². The largest absolute Gasteiger partial charge is 0.480 e. The molecule has 0 amide bonds.